The van der Waals surface area contributed by atoms with E-state index in [9.17, 15) is 9.50 Å². The van der Waals surface area contributed by atoms with Crippen LogP contribution in [-0.4, -0.2) is 12.2 Å². The topological polar surface area (TPSA) is 23.5 Å². The van der Waals surface area contributed by atoms with Crippen molar-refractivity contribution in [2.45, 2.75) is 26.0 Å². The zero-order valence-corrected chi connectivity index (χ0v) is 13.1. The number of benzene rings is 2. The van der Waals surface area contributed by atoms with Gasteiger partial charge in [0.1, 0.15) is 5.82 Å². The van der Waals surface area contributed by atoms with Gasteiger partial charge in [0.15, 0.2) is 0 Å². The molecule has 0 heterocycles. The van der Waals surface area contributed by atoms with Gasteiger partial charge in [0, 0.05) is 17.6 Å². The second-order valence-corrected chi connectivity index (χ2v) is 5.63. The maximum atomic E-state index is 14.2. The molecule has 0 fully saturated rings. The number of para-hydroxylation sites is 1. The Labute approximate surface area is 129 Å². The first kappa shape index (κ1) is 15.8. The zero-order chi connectivity index (χ0) is 15.6. The van der Waals surface area contributed by atoms with E-state index in [0.29, 0.717) is 16.3 Å². The molecule has 0 aromatic heterocycles. The molecule has 2 aromatic carbocycles. The van der Waals surface area contributed by atoms with Crippen molar-refractivity contribution < 1.29 is 9.50 Å². The van der Waals surface area contributed by atoms with Gasteiger partial charge < -0.3 is 10.0 Å². The van der Waals surface area contributed by atoms with Crippen molar-refractivity contribution in [3.8, 4) is 0 Å². The van der Waals surface area contributed by atoms with Gasteiger partial charge in [-0.3, -0.25) is 0 Å². The van der Waals surface area contributed by atoms with E-state index in [0.717, 1.165) is 5.56 Å². The Bertz CT molecular complexity index is 613. The summed E-state index contributed by atoms with van der Waals surface area (Å²) in [6.45, 7) is 3.63. The van der Waals surface area contributed by atoms with Crippen molar-refractivity contribution >= 4 is 17.3 Å². The summed E-state index contributed by atoms with van der Waals surface area (Å²) in [5.74, 6) is -0.336. The third-order valence-electron chi connectivity index (χ3n) is 3.75. The zero-order valence-electron chi connectivity index (χ0n) is 12.3. The van der Waals surface area contributed by atoms with Crippen molar-refractivity contribution in [1.29, 1.82) is 0 Å². The number of rotatable bonds is 4. The molecule has 0 amide bonds. The molecular weight excluding hydrogens is 289 g/mol. The summed E-state index contributed by atoms with van der Waals surface area (Å²) in [5, 5.41) is 10.5. The maximum absolute atomic E-state index is 14.2. The second kappa shape index (κ2) is 6.46. The van der Waals surface area contributed by atoms with Gasteiger partial charge in [-0.15, -0.1) is 0 Å². The Hall–Kier alpha value is -1.58. The van der Waals surface area contributed by atoms with E-state index in [2.05, 4.69) is 0 Å². The molecule has 0 bridgehead atoms. The van der Waals surface area contributed by atoms with Gasteiger partial charge in [-0.25, -0.2) is 4.39 Å². The van der Waals surface area contributed by atoms with Crippen LogP contribution in [0.2, 0.25) is 5.02 Å². The second-order valence-electron chi connectivity index (χ2n) is 5.19. The Morgan fingerprint density at radius 2 is 1.71 bits per heavy atom. The smallest absolute Gasteiger partial charge is 0.146 e. The first-order chi connectivity index (χ1) is 9.91. The SMILES string of the molecule is CC(c1ccc(Cl)cc1)N(C)c1c(F)cccc1[C@@H](C)O. The van der Waals surface area contributed by atoms with Crippen molar-refractivity contribution in [2.24, 2.45) is 0 Å². The molecule has 0 saturated heterocycles. The first-order valence-electron chi connectivity index (χ1n) is 6.86. The minimum absolute atomic E-state index is 0.0448. The van der Waals surface area contributed by atoms with Gasteiger partial charge in [0.05, 0.1) is 17.8 Å². The van der Waals surface area contributed by atoms with Gasteiger partial charge in [0.25, 0.3) is 0 Å². The normalized spacial score (nSPS) is 13.8. The summed E-state index contributed by atoms with van der Waals surface area (Å²) in [6.07, 6.45) is -0.726. The Morgan fingerprint density at radius 3 is 2.29 bits per heavy atom. The van der Waals surface area contributed by atoms with Crippen LogP contribution >= 0.6 is 11.6 Å². The summed E-state index contributed by atoms with van der Waals surface area (Å²) in [5.41, 5.74) is 2.04. The standard InChI is InChI=1S/C17H19ClFNO/c1-11(13-7-9-14(18)10-8-13)20(3)17-15(12(2)21)5-4-6-16(17)19/h4-12,21H,1-3H3/t11?,12-/m1/s1. The molecule has 2 atom stereocenters. The highest BCUT2D eigenvalue weighted by Crippen LogP contribution is 2.33. The van der Waals surface area contributed by atoms with Crippen LogP contribution in [0.4, 0.5) is 10.1 Å². The van der Waals surface area contributed by atoms with Gasteiger partial charge in [0.2, 0.25) is 0 Å². The van der Waals surface area contributed by atoms with Crippen LogP contribution in [0.1, 0.15) is 37.1 Å². The van der Waals surface area contributed by atoms with E-state index in [4.69, 9.17) is 11.6 Å². The predicted octanol–water partition coefficient (Wildman–Crippen LogP) is 4.73. The number of aliphatic hydroxyl groups excluding tert-OH is 1. The monoisotopic (exact) mass is 307 g/mol. The summed E-state index contributed by atoms with van der Waals surface area (Å²) < 4.78 is 14.2. The minimum Gasteiger partial charge on any atom is -0.389 e. The molecule has 2 rings (SSSR count). The minimum atomic E-state index is -0.726. The Kier molecular flexibility index (Phi) is 4.86. The molecule has 1 unspecified atom stereocenters. The van der Waals surface area contributed by atoms with Gasteiger partial charge in [-0.1, -0.05) is 35.9 Å². The molecular formula is C17H19ClFNO. The highest BCUT2D eigenvalue weighted by Gasteiger charge is 2.20. The van der Waals surface area contributed by atoms with E-state index >= 15 is 0 Å². The lowest BCUT2D eigenvalue weighted by Gasteiger charge is -2.30. The highest BCUT2D eigenvalue weighted by atomic mass is 35.5. The lowest BCUT2D eigenvalue weighted by Crippen LogP contribution is -2.24. The number of halogens is 2. The number of hydrogen-bond donors (Lipinski definition) is 1. The average molecular weight is 308 g/mol. The number of nitrogens with zero attached hydrogens (tertiary/aromatic N) is 1. The first-order valence-corrected chi connectivity index (χ1v) is 7.24. The highest BCUT2D eigenvalue weighted by molar-refractivity contribution is 6.30. The van der Waals surface area contributed by atoms with Crippen molar-refractivity contribution in [3.63, 3.8) is 0 Å². The molecule has 2 nitrogen and oxygen atoms in total. The van der Waals surface area contributed by atoms with Gasteiger partial charge in [-0.2, -0.15) is 0 Å². The summed E-state index contributed by atoms with van der Waals surface area (Å²) in [4.78, 5) is 1.83. The van der Waals surface area contributed by atoms with Crippen LogP contribution in [0.25, 0.3) is 0 Å². The fourth-order valence-corrected chi connectivity index (χ4v) is 2.53. The molecule has 1 N–H and O–H groups in total. The molecule has 21 heavy (non-hydrogen) atoms. The largest absolute Gasteiger partial charge is 0.389 e. The summed E-state index contributed by atoms with van der Waals surface area (Å²) >= 11 is 5.90. The molecule has 0 saturated carbocycles. The maximum Gasteiger partial charge on any atom is 0.146 e. The van der Waals surface area contributed by atoms with Crippen LogP contribution in [0.15, 0.2) is 42.5 Å². The van der Waals surface area contributed by atoms with E-state index in [-0.39, 0.29) is 11.9 Å². The van der Waals surface area contributed by atoms with Crippen LogP contribution < -0.4 is 4.90 Å². The van der Waals surface area contributed by atoms with Crippen molar-refractivity contribution in [3.05, 3.63) is 64.4 Å². The number of hydrogen-bond acceptors (Lipinski definition) is 2. The Morgan fingerprint density at radius 1 is 1.10 bits per heavy atom. The van der Waals surface area contributed by atoms with Crippen LogP contribution in [-0.2, 0) is 0 Å². The quantitative estimate of drug-likeness (QED) is 0.882. The number of aliphatic hydroxyl groups is 1. The van der Waals surface area contributed by atoms with Crippen LogP contribution in [0, 0.1) is 5.82 Å². The molecule has 0 spiro atoms. The molecule has 0 aliphatic heterocycles. The van der Waals surface area contributed by atoms with Gasteiger partial charge >= 0.3 is 0 Å². The molecule has 112 valence electrons. The average Bonchev–Trinajstić information content (AvgIpc) is 2.46. The lowest BCUT2D eigenvalue weighted by molar-refractivity contribution is 0.199. The molecule has 0 aliphatic carbocycles. The predicted molar refractivity (Wildman–Crippen MR) is 85.3 cm³/mol. The van der Waals surface area contributed by atoms with Crippen LogP contribution in [0.3, 0.4) is 0 Å². The third kappa shape index (κ3) is 3.36. The molecule has 4 heteroatoms. The van der Waals surface area contributed by atoms with E-state index in [1.54, 1.807) is 19.1 Å². The van der Waals surface area contributed by atoms with Crippen molar-refractivity contribution in [2.75, 3.05) is 11.9 Å². The fraction of sp³-hybridized carbons (Fsp3) is 0.294. The van der Waals surface area contributed by atoms with Crippen LogP contribution in [0.5, 0.6) is 0 Å². The van der Waals surface area contributed by atoms with E-state index in [1.165, 1.54) is 6.07 Å². The summed E-state index contributed by atoms with van der Waals surface area (Å²) in [6, 6.07) is 12.2. The Balaban J connectivity index is 2.39. The molecule has 0 radical (unpaired) electrons. The fourth-order valence-electron chi connectivity index (χ4n) is 2.40. The van der Waals surface area contributed by atoms with Gasteiger partial charge in [-0.05, 0) is 37.6 Å². The lowest BCUT2D eigenvalue weighted by atomic mass is 10.0. The van der Waals surface area contributed by atoms with Crippen molar-refractivity contribution in [1.82, 2.24) is 0 Å². The van der Waals surface area contributed by atoms with E-state index < -0.39 is 6.10 Å². The summed E-state index contributed by atoms with van der Waals surface area (Å²) in [7, 11) is 1.82. The van der Waals surface area contributed by atoms with E-state index in [1.807, 2.05) is 43.1 Å². The molecule has 0 aliphatic rings. The number of anilines is 1. The third-order valence-corrected chi connectivity index (χ3v) is 4.01. The molecule has 2 aromatic rings.